The van der Waals surface area contributed by atoms with Crippen molar-refractivity contribution in [3.05, 3.63) is 206 Å². The van der Waals surface area contributed by atoms with E-state index in [0.717, 1.165) is 55.5 Å². The van der Waals surface area contributed by atoms with Crippen molar-refractivity contribution in [1.82, 2.24) is 4.57 Å². The number of nitrogens with zero attached hydrogens (tertiary/aromatic N) is 2. The summed E-state index contributed by atoms with van der Waals surface area (Å²) >= 11 is 0. The monoisotopic (exact) mass is 702 g/mol. The van der Waals surface area contributed by atoms with Crippen LogP contribution in [0.25, 0.3) is 82.5 Å². The zero-order valence-corrected chi connectivity index (χ0v) is 29.9. The van der Waals surface area contributed by atoms with E-state index in [1.165, 1.54) is 44.1 Å². The first-order chi connectivity index (χ1) is 27.3. The lowest BCUT2D eigenvalue weighted by atomic mass is 10.0. The normalized spacial score (nSPS) is 11.6. The summed E-state index contributed by atoms with van der Waals surface area (Å²) in [7, 11) is 0. The van der Waals surface area contributed by atoms with Crippen LogP contribution >= 0.6 is 0 Å². The van der Waals surface area contributed by atoms with E-state index in [2.05, 4.69) is 210 Å². The predicted octanol–water partition coefficient (Wildman–Crippen LogP) is 14.6. The van der Waals surface area contributed by atoms with Gasteiger partial charge in [-0.3, -0.25) is 0 Å². The van der Waals surface area contributed by atoms with Gasteiger partial charge in [0.15, 0.2) is 0 Å². The number of furan rings is 1. The second kappa shape index (κ2) is 12.6. The minimum Gasteiger partial charge on any atom is -0.455 e. The molecule has 0 aliphatic rings. The molecule has 11 rings (SSSR count). The summed E-state index contributed by atoms with van der Waals surface area (Å²) < 4.78 is 9.04. The number of hydrogen-bond acceptors (Lipinski definition) is 2. The van der Waals surface area contributed by atoms with E-state index in [0.29, 0.717) is 0 Å². The molecule has 0 unspecified atom stereocenters. The second-order valence-electron chi connectivity index (χ2n) is 14.1. The van der Waals surface area contributed by atoms with Crippen LogP contribution in [-0.2, 0) is 0 Å². The molecule has 0 atom stereocenters. The Hall–Kier alpha value is -7.36. The quantitative estimate of drug-likeness (QED) is 0.172. The summed E-state index contributed by atoms with van der Waals surface area (Å²) in [4.78, 5) is 2.31. The third kappa shape index (κ3) is 5.13. The molecule has 0 N–H and O–H groups in total. The Morgan fingerprint density at radius 3 is 1.55 bits per heavy atom. The Morgan fingerprint density at radius 2 is 0.873 bits per heavy atom. The van der Waals surface area contributed by atoms with E-state index in [1.54, 1.807) is 0 Å². The zero-order valence-electron chi connectivity index (χ0n) is 29.9. The van der Waals surface area contributed by atoms with Gasteiger partial charge in [-0.05, 0) is 94.4 Å². The average molecular weight is 703 g/mol. The van der Waals surface area contributed by atoms with Crippen LogP contribution in [0.2, 0.25) is 0 Å². The number of fused-ring (bicyclic) bond motifs is 9. The maximum absolute atomic E-state index is 6.63. The molecule has 2 heterocycles. The molecule has 11 aromatic rings. The Balaban J connectivity index is 0.991. The molecule has 9 aromatic carbocycles. The molecule has 0 saturated carbocycles. The largest absolute Gasteiger partial charge is 0.455 e. The Labute approximate surface area is 318 Å². The molecule has 0 radical (unpaired) electrons. The molecule has 0 aliphatic heterocycles. The van der Waals surface area contributed by atoms with Gasteiger partial charge < -0.3 is 13.9 Å². The van der Waals surface area contributed by atoms with Gasteiger partial charge in [0.25, 0.3) is 0 Å². The van der Waals surface area contributed by atoms with Crippen molar-refractivity contribution in [3.8, 4) is 27.9 Å². The van der Waals surface area contributed by atoms with E-state index in [4.69, 9.17) is 4.42 Å². The number of hydrogen-bond donors (Lipinski definition) is 0. The first-order valence-corrected chi connectivity index (χ1v) is 18.8. The Bertz CT molecular complexity index is 3150. The summed E-state index contributed by atoms with van der Waals surface area (Å²) in [5, 5.41) is 7.03. The van der Waals surface area contributed by atoms with E-state index < -0.39 is 0 Å². The highest BCUT2D eigenvalue weighted by Gasteiger charge is 2.19. The number of para-hydroxylation sites is 3. The topological polar surface area (TPSA) is 21.3 Å². The lowest BCUT2D eigenvalue weighted by Crippen LogP contribution is -2.09. The second-order valence-corrected chi connectivity index (χ2v) is 14.1. The van der Waals surface area contributed by atoms with Crippen LogP contribution in [0.4, 0.5) is 17.1 Å². The minimum atomic E-state index is 0.910. The Morgan fingerprint density at radius 1 is 0.364 bits per heavy atom. The number of aromatic nitrogens is 1. The van der Waals surface area contributed by atoms with E-state index >= 15 is 0 Å². The van der Waals surface area contributed by atoms with Crippen LogP contribution in [0.15, 0.2) is 211 Å². The van der Waals surface area contributed by atoms with Crippen molar-refractivity contribution in [1.29, 1.82) is 0 Å². The van der Waals surface area contributed by atoms with Crippen LogP contribution in [0.5, 0.6) is 0 Å². The minimum absolute atomic E-state index is 0.910. The molecule has 0 fully saturated rings. The van der Waals surface area contributed by atoms with Gasteiger partial charge in [-0.15, -0.1) is 0 Å². The molecule has 0 aliphatic carbocycles. The number of rotatable bonds is 6. The fourth-order valence-corrected chi connectivity index (χ4v) is 8.37. The maximum Gasteiger partial charge on any atom is 0.145 e. The van der Waals surface area contributed by atoms with Crippen LogP contribution in [-0.4, -0.2) is 4.57 Å². The average Bonchev–Trinajstić information content (AvgIpc) is 3.81. The van der Waals surface area contributed by atoms with Crippen LogP contribution in [0.1, 0.15) is 0 Å². The molecule has 2 aromatic heterocycles. The highest BCUT2D eigenvalue weighted by molar-refractivity contribution is 6.26. The molecule has 0 bridgehead atoms. The fourth-order valence-electron chi connectivity index (χ4n) is 8.37. The molecular formula is C52H34N2O. The third-order valence-electron chi connectivity index (χ3n) is 11.0. The van der Waals surface area contributed by atoms with E-state index in [-0.39, 0.29) is 0 Å². The Kier molecular flexibility index (Phi) is 7.17. The summed E-state index contributed by atoms with van der Waals surface area (Å²) in [6.45, 7) is 0. The summed E-state index contributed by atoms with van der Waals surface area (Å²) in [5.74, 6) is 0. The van der Waals surface area contributed by atoms with E-state index in [9.17, 15) is 0 Å². The highest BCUT2D eigenvalue weighted by Crippen LogP contribution is 2.42. The molecule has 3 nitrogen and oxygen atoms in total. The zero-order chi connectivity index (χ0) is 36.3. The van der Waals surface area contributed by atoms with Crippen LogP contribution < -0.4 is 4.90 Å². The molecule has 0 spiro atoms. The van der Waals surface area contributed by atoms with Crippen molar-refractivity contribution in [3.63, 3.8) is 0 Å². The smallest absolute Gasteiger partial charge is 0.145 e. The van der Waals surface area contributed by atoms with Gasteiger partial charge in [-0.25, -0.2) is 0 Å². The van der Waals surface area contributed by atoms with Gasteiger partial charge in [-0.2, -0.15) is 0 Å². The van der Waals surface area contributed by atoms with Gasteiger partial charge in [0, 0.05) is 49.7 Å². The first kappa shape index (κ1) is 31.2. The first-order valence-electron chi connectivity index (χ1n) is 18.8. The van der Waals surface area contributed by atoms with Crippen molar-refractivity contribution in [2.24, 2.45) is 0 Å². The SMILES string of the molecule is c1ccc(-c2ccc(N(c3ccccc3)c3ccc(-c4ccc(-n5c6ccccc6c6ccc7ccc8c9ccccc9oc8c7c65)cc4)cc3)cc2)cc1. The lowest BCUT2D eigenvalue weighted by molar-refractivity contribution is 0.673. The molecule has 3 heteroatoms. The number of benzene rings is 9. The third-order valence-corrected chi connectivity index (χ3v) is 11.0. The van der Waals surface area contributed by atoms with Gasteiger partial charge in [-0.1, -0.05) is 140 Å². The standard InChI is InChI=1S/C52H34N2O/c1-3-11-35(12-4-1)36-19-27-41(28-20-36)53(40-13-5-2-6-14-40)42-29-21-37(22-30-42)38-23-31-43(32-24-38)54-48-17-9-7-15-44(48)46-33-25-39-26-34-47-45-16-8-10-18-49(45)55-52(47)50(39)51(46)54/h1-34H. The van der Waals surface area contributed by atoms with Gasteiger partial charge in [0.05, 0.1) is 11.0 Å². The highest BCUT2D eigenvalue weighted by atomic mass is 16.3. The fraction of sp³-hybridized carbons (Fsp3) is 0. The summed E-state index contributed by atoms with van der Waals surface area (Å²) in [5.41, 5.74) is 13.4. The van der Waals surface area contributed by atoms with Crippen LogP contribution in [0, 0.1) is 0 Å². The maximum atomic E-state index is 6.63. The number of anilines is 3. The van der Waals surface area contributed by atoms with Gasteiger partial charge in [0.2, 0.25) is 0 Å². The lowest BCUT2D eigenvalue weighted by Gasteiger charge is -2.26. The van der Waals surface area contributed by atoms with Gasteiger partial charge >= 0.3 is 0 Å². The van der Waals surface area contributed by atoms with Crippen molar-refractivity contribution in [2.45, 2.75) is 0 Å². The van der Waals surface area contributed by atoms with E-state index in [1.807, 2.05) is 6.07 Å². The molecule has 0 saturated heterocycles. The van der Waals surface area contributed by atoms with Crippen LogP contribution in [0.3, 0.4) is 0 Å². The van der Waals surface area contributed by atoms with Crippen molar-refractivity contribution in [2.75, 3.05) is 4.90 Å². The predicted molar refractivity (Wildman–Crippen MR) is 231 cm³/mol. The van der Waals surface area contributed by atoms with Crippen molar-refractivity contribution >= 4 is 71.6 Å². The summed E-state index contributed by atoms with van der Waals surface area (Å²) in [6.07, 6.45) is 0. The molecule has 55 heavy (non-hydrogen) atoms. The molecule has 258 valence electrons. The molecular weight excluding hydrogens is 669 g/mol. The van der Waals surface area contributed by atoms with Crippen molar-refractivity contribution < 1.29 is 4.42 Å². The van der Waals surface area contributed by atoms with Gasteiger partial charge in [0.1, 0.15) is 11.2 Å². The summed E-state index contributed by atoms with van der Waals surface area (Å²) in [6, 6.07) is 73.7. The molecule has 0 amide bonds.